The number of nitro benzene ring substituents is 1. The first-order chi connectivity index (χ1) is 9.93. The molecule has 0 N–H and O–H groups in total. The number of halogens is 2. The summed E-state index contributed by atoms with van der Waals surface area (Å²) < 4.78 is 31.3. The predicted molar refractivity (Wildman–Crippen MR) is 69.8 cm³/mol. The lowest BCUT2D eigenvalue weighted by Gasteiger charge is -2.09. The Bertz CT molecular complexity index is 731. The molecule has 0 unspecified atom stereocenters. The van der Waals surface area contributed by atoms with Crippen LogP contribution in [0.1, 0.15) is 10.4 Å². The normalized spacial score (nSPS) is 10.2. The molecule has 2 rings (SSSR count). The van der Waals surface area contributed by atoms with E-state index < -0.39 is 28.2 Å². The van der Waals surface area contributed by atoms with Gasteiger partial charge in [-0.05, 0) is 30.3 Å². The van der Waals surface area contributed by atoms with Crippen molar-refractivity contribution in [3.05, 3.63) is 63.7 Å². The first-order valence-corrected chi connectivity index (χ1v) is 5.76. The molecule has 2 aromatic carbocycles. The SMILES string of the molecule is COC(=O)c1ccc(F)cc1-c1cc(F)ccc1[N+](=O)[O-]. The highest BCUT2D eigenvalue weighted by Crippen LogP contribution is 2.33. The zero-order valence-corrected chi connectivity index (χ0v) is 10.8. The minimum atomic E-state index is -0.802. The molecule has 0 heterocycles. The second-order valence-electron chi connectivity index (χ2n) is 4.10. The number of esters is 1. The van der Waals surface area contributed by atoms with Gasteiger partial charge in [0.15, 0.2) is 0 Å². The standard InChI is InChI=1S/C14H9F2NO4/c1-21-14(18)10-4-2-8(15)6-11(10)12-7-9(16)3-5-13(12)17(19)20/h2-7H,1H3. The summed E-state index contributed by atoms with van der Waals surface area (Å²) in [5.41, 5.74) is -0.826. The third-order valence-corrected chi connectivity index (χ3v) is 2.83. The summed E-state index contributed by atoms with van der Waals surface area (Å²) in [6, 6.07) is 5.81. The van der Waals surface area contributed by atoms with Gasteiger partial charge in [0.25, 0.3) is 5.69 Å². The summed E-state index contributed by atoms with van der Waals surface area (Å²) in [6.45, 7) is 0. The highest BCUT2D eigenvalue weighted by atomic mass is 19.1. The lowest BCUT2D eigenvalue weighted by Crippen LogP contribution is -2.05. The van der Waals surface area contributed by atoms with Gasteiger partial charge in [0.2, 0.25) is 0 Å². The maximum atomic E-state index is 13.4. The van der Waals surface area contributed by atoms with Gasteiger partial charge in [0, 0.05) is 11.6 Å². The Morgan fingerprint density at radius 3 is 2.24 bits per heavy atom. The summed E-state index contributed by atoms with van der Waals surface area (Å²) >= 11 is 0. The molecule has 21 heavy (non-hydrogen) atoms. The molecule has 0 aromatic heterocycles. The van der Waals surface area contributed by atoms with Crippen LogP contribution in [0, 0.1) is 21.7 Å². The van der Waals surface area contributed by atoms with Crippen LogP contribution in [0.3, 0.4) is 0 Å². The van der Waals surface area contributed by atoms with Gasteiger partial charge in [-0.2, -0.15) is 0 Å². The molecule has 0 amide bonds. The van der Waals surface area contributed by atoms with E-state index in [1.54, 1.807) is 0 Å². The average molecular weight is 293 g/mol. The Hall–Kier alpha value is -2.83. The Labute approximate surface area is 117 Å². The summed E-state index contributed by atoms with van der Waals surface area (Å²) in [5, 5.41) is 11.0. The van der Waals surface area contributed by atoms with Crippen LogP contribution in [0.5, 0.6) is 0 Å². The number of ether oxygens (including phenoxy) is 1. The smallest absolute Gasteiger partial charge is 0.338 e. The summed E-state index contributed by atoms with van der Waals surface area (Å²) in [7, 11) is 1.12. The molecule has 0 aliphatic carbocycles. The Morgan fingerprint density at radius 2 is 1.67 bits per heavy atom. The van der Waals surface area contributed by atoms with Crippen LogP contribution >= 0.6 is 0 Å². The fraction of sp³-hybridized carbons (Fsp3) is 0.0714. The van der Waals surface area contributed by atoms with E-state index in [4.69, 9.17) is 0 Å². The number of carbonyl (C=O) groups excluding carboxylic acids is 1. The third-order valence-electron chi connectivity index (χ3n) is 2.83. The largest absolute Gasteiger partial charge is 0.465 e. The number of nitrogens with zero attached hydrogens (tertiary/aromatic N) is 1. The van der Waals surface area contributed by atoms with Crippen molar-refractivity contribution in [2.75, 3.05) is 7.11 Å². The van der Waals surface area contributed by atoms with Crippen LogP contribution in [0.15, 0.2) is 36.4 Å². The minimum Gasteiger partial charge on any atom is -0.465 e. The fourth-order valence-corrected chi connectivity index (χ4v) is 1.91. The maximum absolute atomic E-state index is 13.4. The van der Waals surface area contributed by atoms with Crippen LogP contribution in [-0.2, 0) is 4.74 Å². The summed E-state index contributed by atoms with van der Waals surface area (Å²) in [6.07, 6.45) is 0. The topological polar surface area (TPSA) is 69.4 Å². The number of hydrogen-bond acceptors (Lipinski definition) is 4. The number of carbonyl (C=O) groups is 1. The van der Waals surface area contributed by atoms with Crippen molar-refractivity contribution in [3.63, 3.8) is 0 Å². The number of hydrogen-bond donors (Lipinski definition) is 0. The molecule has 0 bridgehead atoms. The van der Waals surface area contributed by atoms with Crippen LogP contribution in [0.2, 0.25) is 0 Å². The minimum absolute atomic E-state index is 0.0902. The Morgan fingerprint density at radius 1 is 1.10 bits per heavy atom. The predicted octanol–water partition coefficient (Wildman–Crippen LogP) is 3.33. The second-order valence-corrected chi connectivity index (χ2v) is 4.10. The van der Waals surface area contributed by atoms with E-state index in [0.29, 0.717) is 0 Å². The van der Waals surface area contributed by atoms with E-state index in [0.717, 1.165) is 43.5 Å². The molecule has 0 saturated carbocycles. The Kier molecular flexibility index (Phi) is 3.93. The number of methoxy groups -OCH3 is 1. The van der Waals surface area contributed by atoms with Gasteiger partial charge in [0.05, 0.1) is 23.2 Å². The molecule has 0 spiro atoms. The molecule has 2 aromatic rings. The zero-order valence-electron chi connectivity index (χ0n) is 10.8. The van der Waals surface area contributed by atoms with Crippen molar-refractivity contribution in [2.45, 2.75) is 0 Å². The molecule has 5 nitrogen and oxygen atoms in total. The van der Waals surface area contributed by atoms with Crippen molar-refractivity contribution in [1.29, 1.82) is 0 Å². The van der Waals surface area contributed by atoms with Crippen molar-refractivity contribution in [3.8, 4) is 11.1 Å². The molecule has 0 radical (unpaired) electrons. The molecule has 7 heteroatoms. The monoisotopic (exact) mass is 293 g/mol. The molecule has 0 aliphatic heterocycles. The van der Waals surface area contributed by atoms with Crippen LogP contribution in [0.25, 0.3) is 11.1 Å². The summed E-state index contributed by atoms with van der Waals surface area (Å²) in [5.74, 6) is -2.25. The van der Waals surface area contributed by atoms with Gasteiger partial charge in [-0.3, -0.25) is 10.1 Å². The molecule has 0 atom stereocenters. The molecule has 0 fully saturated rings. The first kappa shape index (κ1) is 14.6. The zero-order chi connectivity index (χ0) is 15.6. The molecular formula is C14H9F2NO4. The first-order valence-electron chi connectivity index (χ1n) is 5.76. The molecule has 108 valence electrons. The number of rotatable bonds is 3. The summed E-state index contributed by atoms with van der Waals surface area (Å²) in [4.78, 5) is 22.0. The molecular weight excluding hydrogens is 284 g/mol. The van der Waals surface area contributed by atoms with E-state index in [1.165, 1.54) is 0 Å². The second kappa shape index (κ2) is 5.66. The van der Waals surface area contributed by atoms with Gasteiger partial charge in [-0.1, -0.05) is 0 Å². The van der Waals surface area contributed by atoms with Crippen LogP contribution < -0.4 is 0 Å². The maximum Gasteiger partial charge on any atom is 0.338 e. The fourth-order valence-electron chi connectivity index (χ4n) is 1.91. The molecule has 0 aliphatic rings. The van der Waals surface area contributed by atoms with Crippen molar-refractivity contribution in [1.82, 2.24) is 0 Å². The van der Waals surface area contributed by atoms with Gasteiger partial charge < -0.3 is 4.74 Å². The van der Waals surface area contributed by atoms with Gasteiger partial charge in [0.1, 0.15) is 11.6 Å². The lowest BCUT2D eigenvalue weighted by molar-refractivity contribution is -0.384. The number of benzene rings is 2. The van der Waals surface area contributed by atoms with Gasteiger partial charge in [-0.15, -0.1) is 0 Å². The van der Waals surface area contributed by atoms with Crippen molar-refractivity contribution >= 4 is 11.7 Å². The van der Waals surface area contributed by atoms with E-state index in [1.807, 2.05) is 0 Å². The van der Waals surface area contributed by atoms with Crippen LogP contribution in [0.4, 0.5) is 14.5 Å². The highest BCUT2D eigenvalue weighted by molar-refractivity contribution is 5.98. The van der Waals surface area contributed by atoms with Crippen molar-refractivity contribution in [2.24, 2.45) is 0 Å². The van der Waals surface area contributed by atoms with E-state index in [9.17, 15) is 23.7 Å². The van der Waals surface area contributed by atoms with Crippen LogP contribution in [-0.4, -0.2) is 18.0 Å². The third kappa shape index (κ3) is 2.86. The van der Waals surface area contributed by atoms with Gasteiger partial charge >= 0.3 is 5.97 Å². The van der Waals surface area contributed by atoms with E-state index in [2.05, 4.69) is 4.74 Å². The Balaban J connectivity index is 2.77. The van der Waals surface area contributed by atoms with Crippen molar-refractivity contribution < 1.29 is 23.2 Å². The highest BCUT2D eigenvalue weighted by Gasteiger charge is 2.22. The van der Waals surface area contributed by atoms with E-state index >= 15 is 0 Å². The number of nitro groups is 1. The van der Waals surface area contributed by atoms with Gasteiger partial charge in [-0.25, -0.2) is 13.6 Å². The lowest BCUT2D eigenvalue weighted by atomic mass is 9.98. The quantitative estimate of drug-likeness (QED) is 0.494. The molecule has 0 saturated heterocycles. The van der Waals surface area contributed by atoms with E-state index in [-0.39, 0.29) is 16.7 Å². The average Bonchev–Trinajstić information content (AvgIpc) is 2.46.